The molecule has 0 unspecified atom stereocenters. The van der Waals surface area contributed by atoms with Crippen molar-refractivity contribution in [2.45, 2.75) is 45.8 Å². The Balaban J connectivity index is 1.85. The molecular weight excluding hydrogens is 426 g/mol. The summed E-state index contributed by atoms with van der Waals surface area (Å²) in [5.74, 6) is 0.246. The summed E-state index contributed by atoms with van der Waals surface area (Å²) < 4.78 is 18.8. The molecule has 2 amide bonds. The number of pyridine rings is 1. The minimum absolute atomic E-state index is 0.168. The van der Waals surface area contributed by atoms with E-state index in [2.05, 4.69) is 20.7 Å². The van der Waals surface area contributed by atoms with Gasteiger partial charge in [-0.2, -0.15) is 5.10 Å². The summed E-state index contributed by atoms with van der Waals surface area (Å²) in [4.78, 5) is 30.0. The second-order valence-electron chi connectivity index (χ2n) is 9.10. The van der Waals surface area contributed by atoms with Gasteiger partial charge in [-0.25, -0.2) is 9.78 Å². The average molecular weight is 456 g/mol. The molecular formula is C23H29N5O5. The van der Waals surface area contributed by atoms with E-state index in [-0.39, 0.29) is 11.8 Å². The Bertz CT molecular complexity index is 1100. The van der Waals surface area contributed by atoms with Crippen LogP contribution in [0.15, 0.2) is 24.4 Å². The molecule has 4 heterocycles. The summed E-state index contributed by atoms with van der Waals surface area (Å²) in [7, 11) is 1.78. The van der Waals surface area contributed by atoms with Gasteiger partial charge in [0.25, 0.3) is 5.88 Å². The number of alkyl carbamates (subject to hydrolysis) is 1. The van der Waals surface area contributed by atoms with E-state index in [9.17, 15) is 9.59 Å². The molecule has 2 bridgehead atoms. The van der Waals surface area contributed by atoms with Gasteiger partial charge in [0.2, 0.25) is 5.91 Å². The average Bonchev–Trinajstić information content (AvgIpc) is 3.09. The summed E-state index contributed by atoms with van der Waals surface area (Å²) in [5, 5.41) is 10.2. The first-order chi connectivity index (χ1) is 15.6. The summed E-state index contributed by atoms with van der Waals surface area (Å²) >= 11 is 0. The highest BCUT2D eigenvalue weighted by molar-refractivity contribution is 5.97. The van der Waals surface area contributed by atoms with E-state index in [1.165, 1.54) is 0 Å². The SMILES string of the molecule is C[C@@H]1/C=C/C[C@H](NC(=O)OC(C)(C)C)c2cc(c3c(n2)OCCO3)-c2c(cnn2C)NC1=O. The van der Waals surface area contributed by atoms with Crippen LogP contribution in [-0.2, 0) is 16.6 Å². The van der Waals surface area contributed by atoms with Gasteiger partial charge in [0.1, 0.15) is 18.8 Å². The molecule has 4 rings (SSSR count). The quantitative estimate of drug-likeness (QED) is 0.633. The van der Waals surface area contributed by atoms with Crippen LogP contribution in [0.25, 0.3) is 11.3 Å². The predicted molar refractivity (Wildman–Crippen MR) is 121 cm³/mol. The van der Waals surface area contributed by atoms with Crippen molar-refractivity contribution in [3.8, 4) is 22.9 Å². The van der Waals surface area contributed by atoms with Crippen molar-refractivity contribution >= 4 is 17.7 Å². The first-order valence-corrected chi connectivity index (χ1v) is 10.9. The van der Waals surface area contributed by atoms with Gasteiger partial charge in [-0.15, -0.1) is 0 Å². The molecule has 0 radical (unpaired) electrons. The van der Waals surface area contributed by atoms with E-state index in [1.807, 2.05) is 12.1 Å². The Kier molecular flexibility index (Phi) is 6.01. The predicted octanol–water partition coefficient (Wildman–Crippen LogP) is 3.35. The van der Waals surface area contributed by atoms with E-state index in [4.69, 9.17) is 14.2 Å². The number of aromatic nitrogens is 3. The van der Waals surface area contributed by atoms with Gasteiger partial charge in [0, 0.05) is 7.05 Å². The maximum Gasteiger partial charge on any atom is 0.408 e. The smallest absolute Gasteiger partial charge is 0.408 e. The highest BCUT2D eigenvalue weighted by Crippen LogP contribution is 2.43. The molecule has 176 valence electrons. The van der Waals surface area contributed by atoms with Gasteiger partial charge in [0.05, 0.1) is 40.8 Å². The van der Waals surface area contributed by atoms with Crippen LogP contribution in [0.4, 0.5) is 10.5 Å². The van der Waals surface area contributed by atoms with Gasteiger partial charge in [0.15, 0.2) is 5.75 Å². The number of nitrogens with zero attached hydrogens (tertiary/aromatic N) is 3. The van der Waals surface area contributed by atoms with E-state index >= 15 is 0 Å². The zero-order chi connectivity index (χ0) is 23.8. The molecule has 2 aromatic rings. The minimum Gasteiger partial charge on any atom is -0.484 e. The number of rotatable bonds is 1. The topological polar surface area (TPSA) is 117 Å². The van der Waals surface area contributed by atoms with Crippen LogP contribution >= 0.6 is 0 Å². The number of nitrogens with one attached hydrogen (secondary N) is 2. The molecule has 0 aromatic carbocycles. The fourth-order valence-corrected chi connectivity index (χ4v) is 3.71. The van der Waals surface area contributed by atoms with Crippen LogP contribution in [0.5, 0.6) is 11.6 Å². The monoisotopic (exact) mass is 455 g/mol. The third kappa shape index (κ3) is 4.94. The van der Waals surface area contributed by atoms with Crippen LogP contribution in [-0.4, -0.2) is 45.6 Å². The number of aryl methyl sites for hydroxylation is 1. The number of anilines is 1. The normalized spacial score (nSPS) is 21.1. The maximum absolute atomic E-state index is 12.8. The molecule has 2 aliphatic heterocycles. The summed E-state index contributed by atoms with van der Waals surface area (Å²) in [6, 6.07) is 1.32. The van der Waals surface area contributed by atoms with Crippen molar-refractivity contribution in [3.63, 3.8) is 0 Å². The number of hydrogen-bond donors (Lipinski definition) is 2. The van der Waals surface area contributed by atoms with E-state index in [0.717, 1.165) is 0 Å². The van der Waals surface area contributed by atoms with E-state index < -0.39 is 17.7 Å². The number of carbonyl (C=O) groups excluding carboxylic acids is 2. The molecule has 2 aromatic heterocycles. The number of ether oxygens (including phenoxy) is 3. The van der Waals surface area contributed by atoms with Gasteiger partial charge in [-0.3, -0.25) is 9.48 Å². The molecule has 10 heteroatoms. The zero-order valence-corrected chi connectivity index (χ0v) is 19.5. The largest absolute Gasteiger partial charge is 0.484 e. The van der Waals surface area contributed by atoms with Crippen LogP contribution in [0.1, 0.15) is 45.9 Å². The molecule has 0 saturated heterocycles. The van der Waals surface area contributed by atoms with Crippen LogP contribution in [0, 0.1) is 5.92 Å². The Morgan fingerprint density at radius 2 is 2.06 bits per heavy atom. The second kappa shape index (κ2) is 8.76. The lowest BCUT2D eigenvalue weighted by atomic mass is 10.0. The molecule has 33 heavy (non-hydrogen) atoms. The first kappa shape index (κ1) is 22.6. The standard InChI is InChI=1S/C23H29N5O5/c1-13-7-6-8-15(27-22(30)33-23(2,3)4)16-11-14(19-21(26-16)32-10-9-31-19)18-17(25-20(13)29)12-24-28(18)5/h6-7,11-13,15H,8-10H2,1-5H3,(H,25,29)(H,27,30)/b7-6+/t13-,15+/m1/s1. The van der Waals surface area contributed by atoms with Gasteiger partial charge in [-0.1, -0.05) is 19.1 Å². The van der Waals surface area contributed by atoms with E-state index in [1.54, 1.807) is 51.7 Å². The highest BCUT2D eigenvalue weighted by Gasteiger charge is 2.29. The molecule has 0 saturated carbocycles. The number of amides is 2. The summed E-state index contributed by atoms with van der Waals surface area (Å²) in [6.07, 6.45) is 5.10. The highest BCUT2D eigenvalue weighted by atomic mass is 16.6. The lowest BCUT2D eigenvalue weighted by Crippen LogP contribution is -2.35. The van der Waals surface area contributed by atoms with E-state index in [0.29, 0.717) is 53.9 Å². The Morgan fingerprint density at radius 1 is 1.30 bits per heavy atom. The Morgan fingerprint density at radius 3 is 2.82 bits per heavy atom. The zero-order valence-electron chi connectivity index (χ0n) is 19.5. The van der Waals surface area contributed by atoms with Crippen molar-refractivity contribution in [1.82, 2.24) is 20.1 Å². The molecule has 0 fully saturated rings. The van der Waals surface area contributed by atoms with Crippen molar-refractivity contribution in [2.75, 3.05) is 18.5 Å². The Labute approximate surface area is 192 Å². The fraction of sp³-hybridized carbons (Fsp3) is 0.478. The van der Waals surface area contributed by atoms with Crippen molar-refractivity contribution in [2.24, 2.45) is 13.0 Å². The molecule has 2 N–H and O–H groups in total. The van der Waals surface area contributed by atoms with Crippen LogP contribution in [0.2, 0.25) is 0 Å². The lowest BCUT2D eigenvalue weighted by Gasteiger charge is -2.26. The van der Waals surface area contributed by atoms with Gasteiger partial charge >= 0.3 is 6.09 Å². The maximum atomic E-state index is 12.8. The summed E-state index contributed by atoms with van der Waals surface area (Å²) in [5.41, 5.74) is 1.80. The lowest BCUT2D eigenvalue weighted by molar-refractivity contribution is -0.118. The van der Waals surface area contributed by atoms with Crippen LogP contribution in [0.3, 0.4) is 0 Å². The van der Waals surface area contributed by atoms with Crippen molar-refractivity contribution < 1.29 is 23.8 Å². The molecule has 2 aliphatic rings. The molecule has 0 spiro atoms. The third-order valence-electron chi connectivity index (χ3n) is 5.24. The fourth-order valence-electron chi connectivity index (χ4n) is 3.71. The van der Waals surface area contributed by atoms with Gasteiger partial charge in [-0.05, 0) is 33.3 Å². The van der Waals surface area contributed by atoms with Crippen LogP contribution < -0.4 is 20.1 Å². The Hall–Kier alpha value is -3.56. The number of fused-ring (bicyclic) bond motifs is 6. The van der Waals surface area contributed by atoms with Crippen molar-refractivity contribution in [1.29, 1.82) is 0 Å². The second-order valence-corrected chi connectivity index (χ2v) is 9.10. The minimum atomic E-state index is -0.646. The first-order valence-electron chi connectivity index (χ1n) is 10.9. The molecule has 10 nitrogen and oxygen atoms in total. The molecule has 2 atom stereocenters. The number of hydrogen-bond acceptors (Lipinski definition) is 7. The van der Waals surface area contributed by atoms with Crippen molar-refractivity contribution in [3.05, 3.63) is 30.1 Å². The summed E-state index contributed by atoms with van der Waals surface area (Å²) in [6.45, 7) is 7.95. The molecule has 0 aliphatic carbocycles. The third-order valence-corrected chi connectivity index (χ3v) is 5.24. The van der Waals surface area contributed by atoms with Gasteiger partial charge < -0.3 is 24.8 Å². The number of carbonyl (C=O) groups is 2.